The smallest absolute Gasteiger partial charge is 0.329 e. The lowest BCUT2D eigenvalue weighted by atomic mass is 10.0. The number of cyclic esters (lactones) is 2. The van der Waals surface area contributed by atoms with Crippen molar-refractivity contribution in [2.45, 2.75) is 94.5 Å². The molecule has 26 heteroatoms. The number of benzene rings is 2. The van der Waals surface area contributed by atoms with E-state index < -0.39 is 149 Å². The predicted octanol–water partition coefficient (Wildman–Crippen LogP) is 0.946. The maximum absolute atomic E-state index is 15.2. The zero-order valence-electron chi connectivity index (χ0n) is 45.0. The van der Waals surface area contributed by atoms with E-state index in [4.69, 9.17) is 9.47 Å². The molecule has 418 valence electrons. The van der Waals surface area contributed by atoms with Gasteiger partial charge in [0.15, 0.2) is 5.69 Å². The SMILES string of the molecule is CSC1SC[C@@H]2C(=O)N(C)[C@@H](C(C)C)C(=O)OC[C@@H](NC(=O)c3nc4ccccc4cc3O)C(=O)N[C@@H](C)C(=O)N(C)[C@@H]1C(=O)N(C)[C@@H](C(C)C)C(=O)OC[C@@H](NC(=O)c1cnc3ccccc3n1)C(=O)N[C@@H](C)C(=O)N2C. The summed E-state index contributed by atoms with van der Waals surface area (Å²) in [7, 11) is 5.26. The van der Waals surface area contributed by atoms with E-state index in [9.17, 15) is 43.5 Å². The van der Waals surface area contributed by atoms with Gasteiger partial charge in [-0.3, -0.25) is 43.3 Å². The number of thioether (sulfide) groups is 2. The van der Waals surface area contributed by atoms with Crippen LogP contribution < -0.4 is 21.3 Å². The van der Waals surface area contributed by atoms with Crippen molar-refractivity contribution in [2.75, 3.05) is 53.4 Å². The molecule has 8 amide bonds. The number of pyridine rings is 1. The Hall–Kier alpha value is -7.61. The van der Waals surface area contributed by atoms with E-state index in [-0.39, 0.29) is 11.4 Å². The number of amides is 8. The molecule has 0 saturated carbocycles. The predicted molar refractivity (Wildman–Crippen MR) is 288 cm³/mol. The molecule has 6 rings (SSSR count). The minimum Gasteiger partial charge on any atom is -0.505 e. The normalized spacial score (nSPS) is 25.2. The highest BCUT2D eigenvalue weighted by atomic mass is 32.2. The summed E-state index contributed by atoms with van der Waals surface area (Å²) in [5, 5.41) is 21.5. The van der Waals surface area contributed by atoms with E-state index >= 15 is 9.59 Å². The zero-order valence-corrected chi connectivity index (χ0v) is 46.7. The lowest BCUT2D eigenvalue weighted by Gasteiger charge is -2.40. The van der Waals surface area contributed by atoms with Crippen molar-refractivity contribution in [3.63, 3.8) is 0 Å². The summed E-state index contributed by atoms with van der Waals surface area (Å²) < 4.78 is 10.5. The molecular formula is C52H65N11O13S2. The third-order valence-corrected chi connectivity index (χ3v) is 16.2. The topological polar surface area (TPSA) is 309 Å². The van der Waals surface area contributed by atoms with Crippen molar-refractivity contribution in [2.24, 2.45) is 11.8 Å². The highest BCUT2D eigenvalue weighted by Gasteiger charge is 2.45. The largest absolute Gasteiger partial charge is 0.505 e. The van der Waals surface area contributed by atoms with Crippen molar-refractivity contribution < 1.29 is 62.5 Å². The van der Waals surface area contributed by atoms with E-state index in [1.54, 1.807) is 82.5 Å². The third kappa shape index (κ3) is 13.4. The number of hydrogen-bond donors (Lipinski definition) is 5. The highest BCUT2D eigenvalue weighted by Crippen LogP contribution is 2.32. The summed E-state index contributed by atoms with van der Waals surface area (Å²) in [6.07, 6.45) is 2.84. The summed E-state index contributed by atoms with van der Waals surface area (Å²) in [4.78, 5) is 162. The Morgan fingerprint density at radius 2 is 1.18 bits per heavy atom. The number of nitrogens with one attached hydrogen (secondary N) is 4. The van der Waals surface area contributed by atoms with Gasteiger partial charge in [-0.1, -0.05) is 58.0 Å². The number of para-hydroxylation sites is 3. The van der Waals surface area contributed by atoms with Crippen LogP contribution in [0.5, 0.6) is 5.75 Å². The summed E-state index contributed by atoms with van der Waals surface area (Å²) in [6, 6.07) is 2.71. The second-order valence-electron chi connectivity index (χ2n) is 19.6. The minimum absolute atomic E-state index is 0.188. The van der Waals surface area contributed by atoms with Crippen molar-refractivity contribution in [3.05, 3.63) is 72.2 Å². The number of esters is 2. The Balaban J connectivity index is 1.43. The Morgan fingerprint density at radius 3 is 1.73 bits per heavy atom. The molecule has 5 N–H and O–H groups in total. The van der Waals surface area contributed by atoms with Crippen molar-refractivity contribution in [3.8, 4) is 5.75 Å². The number of nitrogens with zero attached hydrogens (tertiary/aromatic N) is 7. The highest BCUT2D eigenvalue weighted by molar-refractivity contribution is 8.16. The van der Waals surface area contributed by atoms with Gasteiger partial charge in [0, 0.05) is 39.3 Å². The molecule has 2 aliphatic heterocycles. The van der Waals surface area contributed by atoms with Gasteiger partial charge >= 0.3 is 11.9 Å². The van der Waals surface area contributed by atoms with E-state index in [1.165, 1.54) is 54.3 Å². The summed E-state index contributed by atoms with van der Waals surface area (Å²) in [6.45, 7) is 7.53. The first-order valence-corrected chi connectivity index (χ1v) is 27.3. The van der Waals surface area contributed by atoms with Gasteiger partial charge in [0.1, 0.15) is 73.0 Å². The first kappa shape index (κ1) is 59.6. The van der Waals surface area contributed by atoms with E-state index in [0.29, 0.717) is 21.9 Å². The van der Waals surface area contributed by atoms with Crippen LogP contribution in [0.2, 0.25) is 0 Å². The van der Waals surface area contributed by atoms with Gasteiger partial charge in [-0.05, 0) is 56.2 Å². The van der Waals surface area contributed by atoms with Crippen LogP contribution >= 0.6 is 23.5 Å². The Kier molecular flexibility index (Phi) is 19.6. The first-order chi connectivity index (χ1) is 36.9. The zero-order chi connectivity index (χ0) is 57.4. The molecule has 78 heavy (non-hydrogen) atoms. The van der Waals surface area contributed by atoms with Crippen LogP contribution in [0.3, 0.4) is 0 Å². The molecule has 1 unspecified atom stereocenters. The van der Waals surface area contributed by atoms with E-state index in [2.05, 4.69) is 36.2 Å². The van der Waals surface area contributed by atoms with Gasteiger partial charge in [0.2, 0.25) is 35.4 Å². The molecule has 2 bridgehead atoms. The quantitative estimate of drug-likeness (QED) is 0.161. The lowest BCUT2D eigenvalue weighted by molar-refractivity contribution is -0.160. The van der Waals surface area contributed by atoms with Gasteiger partial charge in [-0.15, -0.1) is 23.5 Å². The average molecular weight is 1120 g/mol. The maximum Gasteiger partial charge on any atom is 0.329 e. The van der Waals surface area contributed by atoms with Crippen LogP contribution in [0.15, 0.2) is 60.8 Å². The van der Waals surface area contributed by atoms with Gasteiger partial charge in [-0.2, -0.15) is 0 Å². The Morgan fingerprint density at radius 1 is 0.679 bits per heavy atom. The standard InChI is InChI=1S/C52H65N11O13S2/c1-25(2)39-50(73)76-23-35(59-45(68)38-37(64)20-29-16-12-13-17-30(29)57-38)44(67)55-28(6)47(70)63(10)41-49(72)62(9)40(26(3)4)51(74)75-22-34(58-42(65)33-21-53-31-18-14-15-19-32(31)56-33)43(66)54-27(5)46(69)60(7)36(48(71)61(39)8)24-78-52(41)77-11/h12-21,25-28,34-36,39-41,52,64H,22-24H2,1-11H3,(H,54,66)(H,55,67)(H,58,65)(H,59,68)/t27-,28-,34+,35+,36+,39-,40-,41+,52?/m0/s1. The monoisotopic (exact) mass is 1120 g/mol. The lowest BCUT2D eigenvalue weighted by Crippen LogP contribution is -2.60. The molecule has 24 nitrogen and oxygen atoms in total. The minimum atomic E-state index is -1.75. The fourth-order valence-electron chi connectivity index (χ4n) is 9.08. The van der Waals surface area contributed by atoms with E-state index in [0.717, 1.165) is 43.1 Å². The molecule has 2 saturated heterocycles. The molecule has 2 aromatic heterocycles. The van der Waals surface area contributed by atoms with Crippen LogP contribution in [0.1, 0.15) is 62.5 Å². The summed E-state index contributed by atoms with van der Waals surface area (Å²) in [5.74, 6) is -11.3. The van der Waals surface area contributed by atoms with Crippen LogP contribution in [0.25, 0.3) is 21.9 Å². The molecular weight excluding hydrogens is 1050 g/mol. The second-order valence-corrected chi connectivity index (χ2v) is 22.1. The fraction of sp³-hybridized carbons (Fsp3) is 0.481. The summed E-state index contributed by atoms with van der Waals surface area (Å²) >= 11 is 2.13. The molecule has 9 atom stereocenters. The van der Waals surface area contributed by atoms with Crippen molar-refractivity contribution >= 4 is 105 Å². The summed E-state index contributed by atoms with van der Waals surface area (Å²) in [5.41, 5.74) is 0.545. The van der Waals surface area contributed by atoms with E-state index in [1.807, 2.05) is 0 Å². The maximum atomic E-state index is 15.2. The van der Waals surface area contributed by atoms with Crippen molar-refractivity contribution in [1.82, 2.24) is 55.8 Å². The number of hydrogen-bond acceptors (Lipinski definition) is 18. The molecule has 2 aromatic carbocycles. The number of carbonyl (C=O) groups excluding carboxylic acids is 10. The first-order valence-electron chi connectivity index (χ1n) is 24.9. The molecule has 2 fully saturated rings. The molecule has 0 aliphatic carbocycles. The molecule has 4 aromatic rings. The number of rotatable bonds is 7. The molecule has 2 aliphatic rings. The average Bonchev–Trinajstić information content (AvgIpc) is 3.41. The third-order valence-electron chi connectivity index (χ3n) is 13.4. The number of fused-ring (bicyclic) bond motifs is 6. The number of carbonyl (C=O) groups is 10. The van der Waals surface area contributed by atoms with Crippen LogP contribution in [0.4, 0.5) is 0 Å². The van der Waals surface area contributed by atoms with Gasteiger partial charge < -0.3 is 55.4 Å². The fourth-order valence-corrected chi connectivity index (χ4v) is 11.6. The number of ether oxygens (including phenoxy) is 2. The number of likely N-dealkylation sites (N-methyl/N-ethyl adjacent to an activating group) is 4. The van der Waals surface area contributed by atoms with Crippen molar-refractivity contribution in [1.29, 1.82) is 0 Å². The van der Waals surface area contributed by atoms with Gasteiger partial charge in [0.05, 0.1) is 27.3 Å². The van der Waals surface area contributed by atoms with Crippen LogP contribution in [-0.2, 0) is 47.8 Å². The number of aromatic hydroxyl groups is 1. The second kappa shape index (κ2) is 25.7. The van der Waals surface area contributed by atoms with Crippen LogP contribution in [-0.4, -0.2) is 205 Å². The molecule has 0 spiro atoms. The number of aromatic nitrogens is 3. The van der Waals surface area contributed by atoms with Gasteiger partial charge in [-0.25, -0.2) is 19.6 Å². The molecule has 0 radical (unpaired) electrons. The Labute approximate surface area is 458 Å². The molecule has 4 heterocycles. The van der Waals surface area contributed by atoms with Gasteiger partial charge in [0.25, 0.3) is 11.8 Å². The van der Waals surface area contributed by atoms with Crippen LogP contribution in [0, 0.1) is 11.8 Å². The Bertz CT molecular complexity index is 2980.